The fraction of sp³-hybridized carbons (Fsp3) is 0.235. The zero-order chi connectivity index (χ0) is 12.6. The van der Waals surface area contributed by atoms with Crippen molar-refractivity contribution >= 4 is 6.21 Å². The van der Waals surface area contributed by atoms with E-state index in [1.165, 1.54) is 29.5 Å². The largest absolute Gasteiger partial charge is 0.293 e. The lowest BCUT2D eigenvalue weighted by atomic mass is 10.0. The van der Waals surface area contributed by atoms with E-state index in [0.29, 0.717) is 0 Å². The van der Waals surface area contributed by atoms with Crippen molar-refractivity contribution in [1.29, 1.82) is 0 Å². The van der Waals surface area contributed by atoms with E-state index < -0.39 is 0 Å². The molecule has 0 amide bonds. The third-order valence-corrected chi connectivity index (χ3v) is 2.90. The van der Waals surface area contributed by atoms with Crippen molar-refractivity contribution in [2.75, 3.05) is 6.54 Å². The minimum absolute atomic E-state index is 0.928. The van der Waals surface area contributed by atoms with E-state index in [0.717, 1.165) is 6.54 Å². The fourth-order valence-corrected chi connectivity index (χ4v) is 1.81. The predicted octanol–water partition coefficient (Wildman–Crippen LogP) is 4.57. The molecule has 92 valence electrons. The molecule has 0 spiro atoms. The van der Waals surface area contributed by atoms with Crippen molar-refractivity contribution in [2.24, 2.45) is 4.99 Å². The molecule has 0 heterocycles. The second-order valence-electron chi connectivity index (χ2n) is 4.38. The van der Waals surface area contributed by atoms with Gasteiger partial charge in [-0.15, -0.1) is 0 Å². The van der Waals surface area contributed by atoms with Crippen LogP contribution in [0.3, 0.4) is 0 Å². The molecule has 1 nitrogen and oxygen atoms in total. The second kappa shape index (κ2) is 6.75. The van der Waals surface area contributed by atoms with Gasteiger partial charge in [0.05, 0.1) is 0 Å². The van der Waals surface area contributed by atoms with Crippen molar-refractivity contribution in [1.82, 2.24) is 0 Å². The van der Waals surface area contributed by atoms with Crippen LogP contribution in [-0.4, -0.2) is 12.8 Å². The Morgan fingerprint density at radius 2 is 1.56 bits per heavy atom. The highest BCUT2D eigenvalue weighted by Crippen LogP contribution is 2.18. The first-order valence-electron chi connectivity index (χ1n) is 6.55. The Balaban J connectivity index is 2.04. The molecule has 0 aliphatic heterocycles. The number of rotatable bonds is 5. The minimum Gasteiger partial charge on any atom is -0.293 e. The molecule has 2 aromatic carbocycles. The minimum atomic E-state index is 0.928. The Morgan fingerprint density at radius 3 is 2.22 bits per heavy atom. The Morgan fingerprint density at radius 1 is 0.889 bits per heavy atom. The van der Waals surface area contributed by atoms with Crippen LogP contribution in [0.15, 0.2) is 59.6 Å². The lowest BCUT2D eigenvalue weighted by Gasteiger charge is -2.01. The Kier molecular flexibility index (Phi) is 4.71. The van der Waals surface area contributed by atoms with Gasteiger partial charge in [-0.05, 0) is 23.1 Å². The van der Waals surface area contributed by atoms with Crippen LogP contribution in [0.2, 0.25) is 0 Å². The summed E-state index contributed by atoms with van der Waals surface area (Å²) in [6, 6.07) is 19.0. The maximum absolute atomic E-state index is 4.41. The second-order valence-corrected chi connectivity index (χ2v) is 4.38. The maximum atomic E-state index is 4.41. The molecule has 0 saturated heterocycles. The topological polar surface area (TPSA) is 12.4 Å². The predicted molar refractivity (Wildman–Crippen MR) is 79.2 cm³/mol. The van der Waals surface area contributed by atoms with E-state index >= 15 is 0 Å². The summed E-state index contributed by atoms with van der Waals surface area (Å²) in [5, 5.41) is 0. The monoisotopic (exact) mass is 237 g/mol. The van der Waals surface area contributed by atoms with E-state index in [4.69, 9.17) is 0 Å². The fourth-order valence-electron chi connectivity index (χ4n) is 1.81. The van der Waals surface area contributed by atoms with E-state index in [1.54, 1.807) is 0 Å². The molecule has 0 aliphatic rings. The van der Waals surface area contributed by atoms with Crippen molar-refractivity contribution in [3.63, 3.8) is 0 Å². The molecule has 0 radical (unpaired) electrons. The number of hydrogen-bond donors (Lipinski definition) is 0. The molecular formula is C17H19N. The van der Waals surface area contributed by atoms with E-state index in [9.17, 15) is 0 Å². The molecule has 0 saturated carbocycles. The van der Waals surface area contributed by atoms with Crippen molar-refractivity contribution < 1.29 is 0 Å². The molecule has 0 atom stereocenters. The summed E-state index contributed by atoms with van der Waals surface area (Å²) >= 11 is 0. The van der Waals surface area contributed by atoms with Gasteiger partial charge < -0.3 is 0 Å². The van der Waals surface area contributed by atoms with Gasteiger partial charge in [0.15, 0.2) is 0 Å². The average Bonchev–Trinajstić information content (AvgIpc) is 2.45. The smallest absolute Gasteiger partial charge is 0.0389 e. The molecule has 0 fully saturated rings. The average molecular weight is 237 g/mol. The highest BCUT2D eigenvalue weighted by molar-refractivity contribution is 5.81. The van der Waals surface area contributed by atoms with E-state index in [2.05, 4.69) is 60.4 Å². The van der Waals surface area contributed by atoms with Crippen LogP contribution in [0.4, 0.5) is 0 Å². The Hall–Kier alpha value is -1.89. The van der Waals surface area contributed by atoms with Gasteiger partial charge in [0.2, 0.25) is 0 Å². The highest BCUT2D eigenvalue weighted by atomic mass is 14.7. The maximum Gasteiger partial charge on any atom is 0.0389 e. The molecule has 0 aromatic heterocycles. The number of aliphatic imine (C=N–C) groups is 1. The van der Waals surface area contributed by atoms with Gasteiger partial charge in [-0.3, -0.25) is 4.99 Å². The van der Waals surface area contributed by atoms with Gasteiger partial charge in [-0.1, -0.05) is 67.9 Å². The van der Waals surface area contributed by atoms with Crippen molar-refractivity contribution in [2.45, 2.75) is 19.8 Å². The van der Waals surface area contributed by atoms with Crippen LogP contribution < -0.4 is 0 Å². The van der Waals surface area contributed by atoms with Crippen molar-refractivity contribution in [3.8, 4) is 11.1 Å². The normalized spacial score (nSPS) is 10.9. The number of nitrogens with zero attached hydrogens (tertiary/aromatic N) is 1. The lowest BCUT2D eigenvalue weighted by Crippen LogP contribution is -1.85. The summed E-state index contributed by atoms with van der Waals surface area (Å²) in [4.78, 5) is 4.41. The Bertz CT molecular complexity index is 483. The molecule has 2 rings (SSSR count). The first-order chi connectivity index (χ1) is 8.90. The van der Waals surface area contributed by atoms with Crippen LogP contribution in [0.5, 0.6) is 0 Å². The molecule has 0 N–H and O–H groups in total. The third-order valence-electron chi connectivity index (χ3n) is 2.90. The third kappa shape index (κ3) is 3.56. The summed E-state index contributed by atoms with van der Waals surface area (Å²) in [6.45, 7) is 3.11. The summed E-state index contributed by atoms with van der Waals surface area (Å²) in [5.41, 5.74) is 3.68. The molecule has 0 unspecified atom stereocenters. The standard InChI is InChI=1S/C17H19N/c1-2-3-13-18-14-15-9-11-17(12-10-15)16-7-5-4-6-8-16/h4-12,14H,2-3,13H2,1H3. The zero-order valence-electron chi connectivity index (χ0n) is 10.8. The van der Waals surface area contributed by atoms with Crippen LogP contribution in [0.25, 0.3) is 11.1 Å². The van der Waals surface area contributed by atoms with Gasteiger partial charge in [0.1, 0.15) is 0 Å². The quantitative estimate of drug-likeness (QED) is 0.533. The summed E-state index contributed by atoms with van der Waals surface area (Å²) < 4.78 is 0. The molecular weight excluding hydrogens is 218 g/mol. The first-order valence-corrected chi connectivity index (χ1v) is 6.55. The molecule has 1 heteroatoms. The van der Waals surface area contributed by atoms with Crippen LogP contribution in [0.1, 0.15) is 25.3 Å². The first kappa shape index (κ1) is 12.6. The number of benzene rings is 2. The van der Waals surface area contributed by atoms with E-state index in [-0.39, 0.29) is 0 Å². The number of unbranched alkanes of at least 4 members (excludes halogenated alkanes) is 1. The van der Waals surface area contributed by atoms with Gasteiger partial charge in [0, 0.05) is 12.8 Å². The highest BCUT2D eigenvalue weighted by Gasteiger charge is 1.95. The lowest BCUT2D eigenvalue weighted by molar-refractivity contribution is 0.810. The van der Waals surface area contributed by atoms with Crippen LogP contribution in [-0.2, 0) is 0 Å². The van der Waals surface area contributed by atoms with Gasteiger partial charge in [-0.2, -0.15) is 0 Å². The van der Waals surface area contributed by atoms with Crippen LogP contribution >= 0.6 is 0 Å². The SMILES string of the molecule is CCCCN=Cc1ccc(-c2ccccc2)cc1. The summed E-state index contributed by atoms with van der Waals surface area (Å²) in [7, 11) is 0. The summed E-state index contributed by atoms with van der Waals surface area (Å²) in [5.74, 6) is 0. The summed E-state index contributed by atoms with van der Waals surface area (Å²) in [6.07, 6.45) is 4.33. The molecule has 18 heavy (non-hydrogen) atoms. The molecule has 2 aromatic rings. The van der Waals surface area contributed by atoms with Crippen molar-refractivity contribution in [3.05, 3.63) is 60.2 Å². The van der Waals surface area contributed by atoms with Gasteiger partial charge >= 0.3 is 0 Å². The van der Waals surface area contributed by atoms with Crippen LogP contribution in [0, 0.1) is 0 Å². The van der Waals surface area contributed by atoms with Gasteiger partial charge in [0.25, 0.3) is 0 Å². The van der Waals surface area contributed by atoms with Gasteiger partial charge in [-0.25, -0.2) is 0 Å². The zero-order valence-corrected chi connectivity index (χ0v) is 10.8. The van der Waals surface area contributed by atoms with E-state index in [1.807, 2.05) is 12.3 Å². The number of hydrogen-bond acceptors (Lipinski definition) is 1. The molecule has 0 aliphatic carbocycles. The Labute approximate surface area is 109 Å². The molecule has 0 bridgehead atoms.